The Bertz CT molecular complexity index is 1150. The van der Waals surface area contributed by atoms with Crippen molar-refractivity contribution in [1.29, 1.82) is 0 Å². The number of halogens is 1. The molecule has 5 heteroatoms. The van der Waals surface area contributed by atoms with Gasteiger partial charge in [0.1, 0.15) is 17.9 Å². The molecule has 0 saturated heterocycles. The second-order valence-electron chi connectivity index (χ2n) is 11.4. The molecule has 1 heterocycles. The van der Waals surface area contributed by atoms with Crippen molar-refractivity contribution < 1.29 is 38.1 Å². The van der Waals surface area contributed by atoms with Crippen LogP contribution in [0.1, 0.15) is 119 Å². The van der Waals surface area contributed by atoms with Gasteiger partial charge in [0.05, 0.1) is 13.2 Å². The molecule has 42 heavy (non-hydrogen) atoms. The van der Waals surface area contributed by atoms with E-state index in [9.17, 15) is 4.79 Å². The fraction of sp³-hybridized carbons (Fsp3) is 0.514. The maximum Gasteiger partial charge on any atom is 0.264 e. The minimum Gasteiger partial charge on any atom is -1.00 e. The Hall–Kier alpha value is -2.41. The summed E-state index contributed by atoms with van der Waals surface area (Å²) in [5.74, 6) is 0.920. The van der Waals surface area contributed by atoms with Gasteiger partial charge in [-0.05, 0) is 54.8 Å². The highest BCUT2D eigenvalue weighted by Gasteiger charge is 2.21. The third-order valence-corrected chi connectivity index (χ3v) is 7.81. The molecule has 0 spiro atoms. The van der Waals surface area contributed by atoms with Gasteiger partial charge < -0.3 is 33.6 Å². The van der Waals surface area contributed by atoms with Crippen molar-refractivity contribution in [2.24, 2.45) is 0 Å². The number of para-hydroxylation sites is 1. The summed E-state index contributed by atoms with van der Waals surface area (Å²) in [5.41, 5.74) is 3.86. The number of hydrogen-bond donors (Lipinski definition) is 0. The van der Waals surface area contributed by atoms with Gasteiger partial charge in [0.15, 0.2) is 12.4 Å². The predicted molar refractivity (Wildman–Crippen MR) is 172 cm³/mol. The summed E-state index contributed by atoms with van der Waals surface area (Å²) >= 11 is 0. The number of carbonyl (C=O) groups is 1. The summed E-state index contributed by atoms with van der Waals surface area (Å²) in [6.07, 6.45) is 21.2. The summed E-state index contributed by atoms with van der Waals surface area (Å²) < 4.78 is 8.18. The minimum atomic E-state index is 0. The molecule has 1 amide bonds. The van der Waals surface area contributed by atoms with Crippen LogP contribution >= 0.6 is 0 Å². The monoisotopic (exact) mass is 684 g/mol. The molecule has 0 bridgehead atoms. The van der Waals surface area contributed by atoms with E-state index < -0.39 is 0 Å². The highest BCUT2D eigenvalue weighted by molar-refractivity contribution is 6.05. The van der Waals surface area contributed by atoms with Crippen molar-refractivity contribution in [3.63, 3.8) is 0 Å². The van der Waals surface area contributed by atoms with Crippen molar-refractivity contribution in [3.05, 3.63) is 89.7 Å². The van der Waals surface area contributed by atoms with Crippen LogP contribution in [-0.2, 0) is 13.1 Å². The van der Waals surface area contributed by atoms with E-state index >= 15 is 0 Å². The van der Waals surface area contributed by atoms with Gasteiger partial charge in [-0.2, -0.15) is 0 Å². The van der Waals surface area contributed by atoms with E-state index in [4.69, 9.17) is 4.74 Å². The van der Waals surface area contributed by atoms with Crippen molar-refractivity contribution in [3.8, 4) is 5.75 Å². The van der Waals surface area contributed by atoms with E-state index in [1.54, 1.807) is 0 Å². The van der Waals surface area contributed by atoms with E-state index in [0.717, 1.165) is 48.6 Å². The molecule has 0 aliphatic carbocycles. The molecular weight excluding hydrogens is 631 g/mol. The Kier molecular flexibility index (Phi) is 18.2. The first-order valence-corrected chi connectivity index (χ1v) is 16.2. The number of pyridine rings is 1. The maximum atomic E-state index is 13.7. The lowest BCUT2D eigenvalue weighted by Gasteiger charge is -2.24. The van der Waals surface area contributed by atoms with Crippen LogP contribution < -0.4 is 38.2 Å². The Balaban J connectivity index is 0.00000616. The van der Waals surface area contributed by atoms with E-state index in [2.05, 4.69) is 37.5 Å². The first-order valence-electron chi connectivity index (χ1n) is 16.2. The SMILES string of the molecule is CCCCCCCCCCCCCCOc1ccc(CN(C(=O)c2ccc[n+](CCC)c2)c2ccccc2)c(C)c1.[I-]. The van der Waals surface area contributed by atoms with Crippen molar-refractivity contribution in [1.82, 2.24) is 0 Å². The molecule has 0 N–H and O–H groups in total. The second-order valence-corrected chi connectivity index (χ2v) is 11.4. The molecule has 0 atom stereocenters. The summed E-state index contributed by atoms with van der Waals surface area (Å²) in [5, 5.41) is 0. The molecule has 0 aliphatic rings. The summed E-state index contributed by atoms with van der Waals surface area (Å²) in [4.78, 5) is 15.6. The van der Waals surface area contributed by atoms with Crippen LogP contribution in [0.15, 0.2) is 73.1 Å². The molecule has 1 aromatic heterocycles. The van der Waals surface area contributed by atoms with Crippen LogP contribution in [0, 0.1) is 6.92 Å². The highest BCUT2D eigenvalue weighted by atomic mass is 127. The maximum absolute atomic E-state index is 13.7. The van der Waals surface area contributed by atoms with Gasteiger partial charge in [0.2, 0.25) is 0 Å². The van der Waals surface area contributed by atoms with E-state index in [1.165, 1.54) is 70.6 Å². The smallest absolute Gasteiger partial charge is 0.264 e. The number of benzene rings is 2. The van der Waals surface area contributed by atoms with Crippen LogP contribution in [0.3, 0.4) is 0 Å². The minimum absolute atomic E-state index is 0. The van der Waals surface area contributed by atoms with Crippen molar-refractivity contribution >= 4 is 11.6 Å². The Morgan fingerprint density at radius 1 is 0.762 bits per heavy atom. The predicted octanol–water partition coefficient (Wildman–Crippen LogP) is 6.62. The molecule has 230 valence electrons. The largest absolute Gasteiger partial charge is 1.00 e. The number of aryl methyl sites for hydroxylation is 2. The average Bonchev–Trinajstić information content (AvgIpc) is 2.99. The average molecular weight is 685 g/mol. The molecular formula is C37H53IN2O2. The number of ether oxygens (including phenoxy) is 1. The highest BCUT2D eigenvalue weighted by Crippen LogP contribution is 2.24. The molecule has 4 nitrogen and oxygen atoms in total. The van der Waals surface area contributed by atoms with Gasteiger partial charge >= 0.3 is 0 Å². The molecule has 0 aliphatic heterocycles. The van der Waals surface area contributed by atoms with Crippen LogP contribution in [0.25, 0.3) is 0 Å². The lowest BCUT2D eigenvalue weighted by molar-refractivity contribution is -0.697. The van der Waals surface area contributed by atoms with E-state index in [-0.39, 0.29) is 29.9 Å². The lowest BCUT2D eigenvalue weighted by Crippen LogP contribution is -3.00. The third-order valence-electron chi connectivity index (χ3n) is 7.81. The number of nitrogens with zero attached hydrogens (tertiary/aromatic N) is 2. The molecule has 0 radical (unpaired) electrons. The number of unbranched alkanes of at least 4 members (excludes halogenated alkanes) is 11. The summed E-state index contributed by atoms with van der Waals surface area (Å²) in [6, 6.07) is 20.1. The molecule has 0 fully saturated rings. The Morgan fingerprint density at radius 3 is 2.02 bits per heavy atom. The van der Waals surface area contributed by atoms with Crippen LogP contribution in [-0.4, -0.2) is 12.5 Å². The van der Waals surface area contributed by atoms with Crippen LogP contribution in [0.5, 0.6) is 5.75 Å². The fourth-order valence-corrected chi connectivity index (χ4v) is 5.33. The number of aromatic nitrogens is 1. The van der Waals surface area contributed by atoms with Gasteiger partial charge in [0, 0.05) is 18.2 Å². The zero-order chi connectivity index (χ0) is 29.1. The van der Waals surface area contributed by atoms with E-state index in [1.807, 2.05) is 65.8 Å². The number of hydrogen-bond acceptors (Lipinski definition) is 2. The second kappa shape index (κ2) is 21.3. The van der Waals surface area contributed by atoms with Crippen LogP contribution in [0.2, 0.25) is 0 Å². The summed E-state index contributed by atoms with van der Waals surface area (Å²) in [6.45, 7) is 8.70. The topological polar surface area (TPSA) is 33.4 Å². The van der Waals surface area contributed by atoms with Crippen LogP contribution in [0.4, 0.5) is 5.69 Å². The van der Waals surface area contributed by atoms with Crippen molar-refractivity contribution in [2.75, 3.05) is 11.5 Å². The standard InChI is InChI=1S/C37H53N2O2.HI/c1-4-6-7-8-9-10-11-12-13-14-15-19-28-41-36-25-24-33(32(3)29-36)31-39(35-22-17-16-18-23-35)37(40)34-21-20-27-38(30-34)26-5-2;/h16-18,20-25,27,29-30H,4-15,19,26,28,31H2,1-3H3;1H/q+1;/p-1. The van der Waals surface area contributed by atoms with Gasteiger partial charge in [-0.25, -0.2) is 4.57 Å². The normalized spacial score (nSPS) is 10.7. The van der Waals surface area contributed by atoms with Crippen molar-refractivity contribution in [2.45, 2.75) is 117 Å². The molecule has 0 saturated carbocycles. The van der Waals surface area contributed by atoms with Gasteiger partial charge in [0.25, 0.3) is 5.91 Å². The number of rotatable bonds is 20. The molecule has 0 unspecified atom stereocenters. The molecule has 3 aromatic rings. The van der Waals surface area contributed by atoms with Gasteiger partial charge in [-0.1, -0.05) is 109 Å². The number of carbonyl (C=O) groups excluding carboxylic acids is 1. The Labute approximate surface area is 272 Å². The quantitative estimate of drug-likeness (QED) is 0.0762. The lowest BCUT2D eigenvalue weighted by atomic mass is 10.1. The third kappa shape index (κ3) is 12.8. The molecule has 3 rings (SSSR count). The number of anilines is 1. The van der Waals surface area contributed by atoms with E-state index in [0.29, 0.717) is 12.1 Å². The molecule has 2 aromatic carbocycles. The Morgan fingerprint density at radius 2 is 1.40 bits per heavy atom. The summed E-state index contributed by atoms with van der Waals surface area (Å²) in [7, 11) is 0. The fourth-order valence-electron chi connectivity index (χ4n) is 5.33. The first kappa shape index (κ1) is 35.8. The zero-order valence-electron chi connectivity index (χ0n) is 26.3. The van der Waals surface area contributed by atoms with Gasteiger partial charge in [-0.3, -0.25) is 4.79 Å². The first-order chi connectivity index (χ1) is 20.1. The zero-order valence-corrected chi connectivity index (χ0v) is 28.5. The van der Waals surface area contributed by atoms with Gasteiger partial charge in [-0.15, -0.1) is 0 Å². The number of amides is 1.